The van der Waals surface area contributed by atoms with Gasteiger partial charge in [-0.25, -0.2) is 14.2 Å². The molecule has 5 nitrogen and oxygen atoms in total. The van der Waals surface area contributed by atoms with Crippen molar-refractivity contribution in [1.82, 2.24) is 15.6 Å². The number of aliphatic hydroxyl groups is 1. The maximum atomic E-state index is 13.5. The lowest BCUT2D eigenvalue weighted by atomic mass is 10.1. The Morgan fingerprint density at radius 3 is 2.87 bits per heavy atom. The molecular formula is C16H20FN3O2S. The van der Waals surface area contributed by atoms with Gasteiger partial charge in [0.1, 0.15) is 5.82 Å². The molecule has 2 rings (SSSR count). The third kappa shape index (κ3) is 5.30. The second-order valence-corrected chi connectivity index (χ2v) is 6.20. The number of amides is 2. The van der Waals surface area contributed by atoms with E-state index in [0.29, 0.717) is 13.0 Å². The van der Waals surface area contributed by atoms with Crippen LogP contribution >= 0.6 is 11.3 Å². The Labute approximate surface area is 138 Å². The van der Waals surface area contributed by atoms with Gasteiger partial charge in [-0.3, -0.25) is 0 Å². The smallest absolute Gasteiger partial charge is 0.314 e. The number of carbonyl (C=O) groups excluding carboxylic acids is 1. The summed E-state index contributed by atoms with van der Waals surface area (Å²) in [6.07, 6.45) is 2.39. The monoisotopic (exact) mass is 337 g/mol. The van der Waals surface area contributed by atoms with Crippen molar-refractivity contribution in [2.75, 3.05) is 13.1 Å². The van der Waals surface area contributed by atoms with E-state index >= 15 is 0 Å². The highest BCUT2D eigenvalue weighted by Gasteiger charge is 2.13. The van der Waals surface area contributed by atoms with Gasteiger partial charge in [0.25, 0.3) is 0 Å². The number of rotatable bonds is 7. The van der Waals surface area contributed by atoms with Gasteiger partial charge in [0.05, 0.1) is 11.1 Å². The predicted molar refractivity (Wildman–Crippen MR) is 88.0 cm³/mol. The number of nitrogens with zero attached hydrogens (tertiary/aromatic N) is 1. The molecule has 0 aliphatic rings. The molecule has 1 atom stereocenters. The molecule has 0 saturated carbocycles. The van der Waals surface area contributed by atoms with Crippen LogP contribution < -0.4 is 10.6 Å². The molecule has 1 aromatic carbocycles. The third-order valence-electron chi connectivity index (χ3n) is 3.29. The number of aryl methyl sites for hydroxylation is 1. The van der Waals surface area contributed by atoms with Crippen molar-refractivity contribution >= 4 is 17.4 Å². The molecule has 1 aromatic heterocycles. The van der Waals surface area contributed by atoms with Gasteiger partial charge in [-0.15, -0.1) is 11.3 Å². The Hall–Kier alpha value is -1.99. The summed E-state index contributed by atoms with van der Waals surface area (Å²) >= 11 is 1.64. The number of hydrogen-bond donors (Lipinski definition) is 3. The number of urea groups is 1. The molecule has 0 bridgehead atoms. The molecule has 7 heteroatoms. The highest BCUT2D eigenvalue weighted by atomic mass is 32.1. The Morgan fingerprint density at radius 2 is 2.17 bits per heavy atom. The highest BCUT2D eigenvalue weighted by Crippen LogP contribution is 2.15. The number of aliphatic hydroxyl groups excluding tert-OH is 1. The second-order valence-electron chi connectivity index (χ2n) is 5.00. The molecule has 0 aliphatic carbocycles. The first kappa shape index (κ1) is 17.4. The Bertz CT molecular complexity index is 648. The SMILES string of the molecule is CCc1cnc(CCNC(=O)NCC(O)c2ccccc2F)s1. The average molecular weight is 337 g/mol. The standard InChI is InChI=1S/C16H20FN3O2S/c1-2-11-9-19-15(23-11)7-8-18-16(22)20-10-14(21)12-5-3-4-6-13(12)17/h3-6,9,14,21H,2,7-8,10H2,1H3,(H2,18,20,22). The summed E-state index contributed by atoms with van der Waals surface area (Å²) in [4.78, 5) is 17.2. The van der Waals surface area contributed by atoms with Crippen LogP contribution in [-0.2, 0) is 12.8 Å². The van der Waals surface area contributed by atoms with E-state index in [1.807, 2.05) is 6.20 Å². The Morgan fingerprint density at radius 1 is 1.39 bits per heavy atom. The summed E-state index contributed by atoms with van der Waals surface area (Å²) in [7, 11) is 0. The van der Waals surface area contributed by atoms with Crippen molar-refractivity contribution in [3.05, 3.63) is 51.7 Å². The first-order valence-electron chi connectivity index (χ1n) is 7.48. The van der Waals surface area contributed by atoms with Crippen LogP contribution in [0.4, 0.5) is 9.18 Å². The van der Waals surface area contributed by atoms with Crippen LogP contribution in [0.3, 0.4) is 0 Å². The summed E-state index contributed by atoms with van der Waals surface area (Å²) in [5.74, 6) is -0.488. The van der Waals surface area contributed by atoms with E-state index in [4.69, 9.17) is 0 Å². The molecule has 0 fully saturated rings. The van der Waals surface area contributed by atoms with Crippen LogP contribution in [0.1, 0.15) is 28.5 Å². The largest absolute Gasteiger partial charge is 0.386 e. The van der Waals surface area contributed by atoms with Crippen LogP contribution in [0.15, 0.2) is 30.5 Å². The fourth-order valence-electron chi connectivity index (χ4n) is 2.02. The summed E-state index contributed by atoms with van der Waals surface area (Å²) in [5.41, 5.74) is 0.169. The van der Waals surface area contributed by atoms with Crippen molar-refractivity contribution in [1.29, 1.82) is 0 Å². The van der Waals surface area contributed by atoms with E-state index in [1.54, 1.807) is 23.5 Å². The summed E-state index contributed by atoms with van der Waals surface area (Å²) in [6, 6.07) is 5.56. The molecule has 3 N–H and O–H groups in total. The minimum atomic E-state index is -1.08. The van der Waals surface area contributed by atoms with Gasteiger partial charge >= 0.3 is 6.03 Å². The van der Waals surface area contributed by atoms with Crippen molar-refractivity contribution in [3.63, 3.8) is 0 Å². The normalized spacial score (nSPS) is 12.0. The fourth-order valence-corrected chi connectivity index (χ4v) is 2.88. The maximum Gasteiger partial charge on any atom is 0.314 e. The highest BCUT2D eigenvalue weighted by molar-refractivity contribution is 7.11. The Kier molecular flexibility index (Phi) is 6.49. The first-order chi connectivity index (χ1) is 11.1. The molecule has 1 heterocycles. The molecule has 0 aliphatic heterocycles. The lowest BCUT2D eigenvalue weighted by Crippen LogP contribution is -2.38. The molecule has 2 aromatic rings. The number of benzene rings is 1. The number of hydrogen-bond acceptors (Lipinski definition) is 4. The summed E-state index contributed by atoms with van der Waals surface area (Å²) < 4.78 is 13.5. The second kappa shape index (κ2) is 8.59. The van der Waals surface area contributed by atoms with Gasteiger partial charge in [-0.05, 0) is 12.5 Å². The van der Waals surface area contributed by atoms with Crippen molar-refractivity contribution in [3.8, 4) is 0 Å². The van der Waals surface area contributed by atoms with E-state index < -0.39 is 18.0 Å². The summed E-state index contributed by atoms with van der Waals surface area (Å²) in [5, 5.41) is 16.1. The molecule has 0 spiro atoms. The molecule has 1 unspecified atom stereocenters. The fraction of sp³-hybridized carbons (Fsp3) is 0.375. The zero-order chi connectivity index (χ0) is 16.7. The lowest BCUT2D eigenvalue weighted by molar-refractivity contribution is 0.169. The van der Waals surface area contributed by atoms with Crippen molar-refractivity contribution in [2.45, 2.75) is 25.9 Å². The minimum absolute atomic E-state index is 0.0516. The van der Waals surface area contributed by atoms with Gasteiger partial charge in [0.2, 0.25) is 0 Å². The molecule has 23 heavy (non-hydrogen) atoms. The molecule has 0 saturated heterocycles. The van der Waals surface area contributed by atoms with Gasteiger partial charge < -0.3 is 15.7 Å². The quantitative estimate of drug-likeness (QED) is 0.726. The Balaban J connectivity index is 1.69. The molecule has 2 amide bonds. The average Bonchev–Trinajstić information content (AvgIpc) is 3.01. The number of thiazole rings is 1. The minimum Gasteiger partial charge on any atom is -0.386 e. The number of nitrogens with one attached hydrogen (secondary N) is 2. The van der Waals surface area contributed by atoms with E-state index in [-0.39, 0.29) is 12.1 Å². The molecule has 124 valence electrons. The third-order valence-corrected chi connectivity index (χ3v) is 4.50. The van der Waals surface area contributed by atoms with Gasteiger partial charge in [-0.1, -0.05) is 25.1 Å². The van der Waals surface area contributed by atoms with Crippen molar-refractivity contribution in [2.24, 2.45) is 0 Å². The van der Waals surface area contributed by atoms with Crippen LogP contribution in [0, 0.1) is 5.82 Å². The van der Waals surface area contributed by atoms with E-state index in [9.17, 15) is 14.3 Å². The number of halogens is 1. The number of aromatic nitrogens is 1. The van der Waals surface area contributed by atoms with Gasteiger partial charge in [0.15, 0.2) is 0 Å². The predicted octanol–water partition coefficient (Wildman–Crippen LogP) is 2.42. The van der Waals surface area contributed by atoms with Crippen molar-refractivity contribution < 1.29 is 14.3 Å². The molecule has 0 radical (unpaired) electrons. The maximum absolute atomic E-state index is 13.5. The van der Waals surface area contributed by atoms with Crippen LogP contribution in [0.5, 0.6) is 0 Å². The van der Waals surface area contributed by atoms with Crippen LogP contribution in [0.25, 0.3) is 0 Å². The first-order valence-corrected chi connectivity index (χ1v) is 8.29. The molecular weight excluding hydrogens is 317 g/mol. The van der Waals surface area contributed by atoms with Crippen LogP contribution in [-0.4, -0.2) is 29.2 Å². The van der Waals surface area contributed by atoms with E-state index in [1.165, 1.54) is 17.0 Å². The van der Waals surface area contributed by atoms with E-state index in [0.717, 1.165) is 11.4 Å². The van der Waals surface area contributed by atoms with Gasteiger partial charge in [0, 0.05) is 36.1 Å². The van der Waals surface area contributed by atoms with Crippen LogP contribution in [0.2, 0.25) is 0 Å². The summed E-state index contributed by atoms with van der Waals surface area (Å²) in [6.45, 7) is 2.48. The topological polar surface area (TPSA) is 74.2 Å². The van der Waals surface area contributed by atoms with Gasteiger partial charge in [-0.2, -0.15) is 0 Å². The number of carbonyl (C=O) groups is 1. The lowest BCUT2D eigenvalue weighted by Gasteiger charge is -2.13. The zero-order valence-electron chi connectivity index (χ0n) is 12.9. The zero-order valence-corrected chi connectivity index (χ0v) is 13.7. The van der Waals surface area contributed by atoms with E-state index in [2.05, 4.69) is 22.5 Å².